The third kappa shape index (κ3) is 3.35. The summed E-state index contributed by atoms with van der Waals surface area (Å²) in [6.07, 6.45) is 0. The van der Waals surface area contributed by atoms with Crippen LogP contribution in [0.3, 0.4) is 0 Å². The second-order valence-electron chi connectivity index (χ2n) is 5.63. The van der Waals surface area contributed by atoms with Crippen molar-refractivity contribution in [2.75, 3.05) is 14.2 Å². The summed E-state index contributed by atoms with van der Waals surface area (Å²) < 4.78 is 12.5. The summed E-state index contributed by atoms with van der Waals surface area (Å²) in [5.41, 5.74) is 2.52. The number of imidazole rings is 1. The Morgan fingerprint density at radius 3 is 2.60 bits per heavy atom. The van der Waals surface area contributed by atoms with Gasteiger partial charge in [0.2, 0.25) is 0 Å². The molecule has 5 nitrogen and oxygen atoms in total. The fourth-order valence-electron chi connectivity index (χ4n) is 2.66. The zero-order valence-corrected chi connectivity index (χ0v) is 15.5. The number of hydrogen-bond acceptors (Lipinski definition) is 5. The van der Waals surface area contributed by atoms with Gasteiger partial charge in [0.1, 0.15) is 11.5 Å². The molecule has 6 heteroatoms. The van der Waals surface area contributed by atoms with E-state index in [1.165, 1.54) is 11.8 Å². The second-order valence-corrected chi connectivity index (χ2v) is 6.94. The molecule has 0 aliphatic rings. The zero-order chi connectivity index (χ0) is 18.0. The fraction of sp³-hybridized carbons (Fsp3) is 0.263. The molecule has 3 aromatic rings. The summed E-state index contributed by atoms with van der Waals surface area (Å²) in [5.74, 6) is 1.17. The number of aryl methyl sites for hydroxylation is 1. The van der Waals surface area contributed by atoms with Crippen LogP contribution in [-0.2, 0) is 7.05 Å². The molecule has 0 saturated carbocycles. The molecule has 0 spiro atoms. The first-order valence-electron chi connectivity index (χ1n) is 7.89. The van der Waals surface area contributed by atoms with Crippen LogP contribution in [0.15, 0.2) is 47.6 Å². The number of ketones is 1. The van der Waals surface area contributed by atoms with Crippen LogP contribution < -0.4 is 9.47 Å². The number of carbonyl (C=O) groups excluding carboxylic acids is 1. The van der Waals surface area contributed by atoms with Crippen LogP contribution in [0.25, 0.3) is 11.0 Å². The summed E-state index contributed by atoms with van der Waals surface area (Å²) in [7, 11) is 5.10. The summed E-state index contributed by atoms with van der Waals surface area (Å²) in [6, 6.07) is 13.2. The molecule has 25 heavy (non-hydrogen) atoms. The van der Waals surface area contributed by atoms with Gasteiger partial charge in [0.25, 0.3) is 0 Å². The molecule has 1 aromatic heterocycles. The Hall–Kier alpha value is -2.47. The molecule has 0 radical (unpaired) electrons. The number of nitrogens with zero attached hydrogens (tertiary/aromatic N) is 2. The minimum absolute atomic E-state index is 0.00319. The maximum Gasteiger partial charge on any atom is 0.179 e. The van der Waals surface area contributed by atoms with Gasteiger partial charge < -0.3 is 14.0 Å². The highest BCUT2D eigenvalue weighted by Gasteiger charge is 2.22. The lowest BCUT2D eigenvalue weighted by Crippen LogP contribution is -2.15. The molecule has 1 unspecified atom stereocenters. The molecule has 0 N–H and O–H groups in total. The molecule has 0 fully saturated rings. The number of thioether (sulfide) groups is 1. The third-order valence-corrected chi connectivity index (χ3v) is 5.22. The predicted molar refractivity (Wildman–Crippen MR) is 99.9 cm³/mol. The first kappa shape index (κ1) is 17.4. The van der Waals surface area contributed by atoms with Crippen molar-refractivity contribution in [1.82, 2.24) is 9.55 Å². The predicted octanol–water partition coefficient (Wildman–Crippen LogP) is 3.95. The number of methoxy groups -OCH3 is 2. The third-order valence-electron chi connectivity index (χ3n) is 4.07. The largest absolute Gasteiger partial charge is 0.497 e. The molecule has 0 aliphatic heterocycles. The maximum atomic E-state index is 12.9. The highest BCUT2D eigenvalue weighted by Crippen LogP contribution is 2.31. The van der Waals surface area contributed by atoms with Crippen LogP contribution in [-0.4, -0.2) is 34.8 Å². The molecule has 1 atom stereocenters. The van der Waals surface area contributed by atoms with Gasteiger partial charge in [-0.1, -0.05) is 23.9 Å². The molecule has 0 saturated heterocycles. The van der Waals surface area contributed by atoms with E-state index in [0.29, 0.717) is 17.1 Å². The van der Waals surface area contributed by atoms with Gasteiger partial charge in [-0.15, -0.1) is 0 Å². The molecular weight excluding hydrogens is 336 g/mol. The Labute approximate surface area is 151 Å². The van der Waals surface area contributed by atoms with Gasteiger partial charge in [0.15, 0.2) is 10.9 Å². The summed E-state index contributed by atoms with van der Waals surface area (Å²) in [4.78, 5) is 17.5. The van der Waals surface area contributed by atoms with Crippen LogP contribution in [0.4, 0.5) is 0 Å². The molecule has 3 rings (SSSR count). The number of ether oxygens (including phenoxy) is 2. The van der Waals surface area contributed by atoms with E-state index in [1.807, 2.05) is 42.8 Å². The Morgan fingerprint density at radius 1 is 1.16 bits per heavy atom. The molecule has 2 aromatic carbocycles. The van der Waals surface area contributed by atoms with Crippen molar-refractivity contribution >= 4 is 28.6 Å². The van der Waals surface area contributed by atoms with Crippen molar-refractivity contribution < 1.29 is 14.3 Å². The highest BCUT2D eigenvalue weighted by atomic mass is 32.2. The van der Waals surface area contributed by atoms with E-state index in [9.17, 15) is 4.79 Å². The smallest absolute Gasteiger partial charge is 0.179 e. The average molecular weight is 356 g/mol. The first-order chi connectivity index (χ1) is 12.0. The normalized spacial score (nSPS) is 12.2. The van der Waals surface area contributed by atoms with Gasteiger partial charge in [-0.05, 0) is 31.2 Å². The molecular formula is C19H20N2O3S. The van der Waals surface area contributed by atoms with Crippen molar-refractivity contribution in [2.24, 2.45) is 7.05 Å². The van der Waals surface area contributed by atoms with E-state index in [4.69, 9.17) is 9.47 Å². The number of aromatic nitrogens is 2. The lowest BCUT2D eigenvalue weighted by atomic mass is 10.1. The minimum atomic E-state index is -0.294. The summed E-state index contributed by atoms with van der Waals surface area (Å²) >= 11 is 1.44. The van der Waals surface area contributed by atoms with Crippen molar-refractivity contribution in [3.63, 3.8) is 0 Å². The summed E-state index contributed by atoms with van der Waals surface area (Å²) in [6.45, 7) is 1.88. The van der Waals surface area contributed by atoms with Crippen LogP contribution in [0.1, 0.15) is 17.3 Å². The Bertz CT molecular complexity index is 920. The van der Waals surface area contributed by atoms with Crippen molar-refractivity contribution in [3.05, 3.63) is 48.0 Å². The summed E-state index contributed by atoms with van der Waals surface area (Å²) in [5, 5.41) is 0.521. The van der Waals surface area contributed by atoms with Crippen LogP contribution in [0, 0.1) is 0 Å². The monoisotopic (exact) mass is 356 g/mol. The lowest BCUT2D eigenvalue weighted by Gasteiger charge is -2.13. The van der Waals surface area contributed by atoms with Crippen molar-refractivity contribution in [3.8, 4) is 11.5 Å². The quantitative estimate of drug-likeness (QED) is 0.494. The van der Waals surface area contributed by atoms with Crippen molar-refractivity contribution in [2.45, 2.75) is 17.3 Å². The topological polar surface area (TPSA) is 53.3 Å². The number of fused-ring (bicyclic) bond motifs is 1. The van der Waals surface area contributed by atoms with Crippen LogP contribution in [0.2, 0.25) is 0 Å². The van der Waals surface area contributed by atoms with Crippen LogP contribution in [0.5, 0.6) is 11.5 Å². The maximum absolute atomic E-state index is 12.9. The standard InChI is InChI=1S/C19H20N2O3S/c1-12(18(22)14-10-9-13(23-3)11-17(14)24-4)25-19-20-15-7-5-6-8-16(15)21(19)2/h5-12H,1-4H3. The number of Topliss-reactive ketones (excluding diaryl/α,β-unsaturated/α-hetero) is 1. The second kappa shape index (κ2) is 7.19. The van der Waals surface area contributed by atoms with E-state index in [2.05, 4.69) is 4.98 Å². The first-order valence-corrected chi connectivity index (χ1v) is 8.77. The van der Waals surface area contributed by atoms with Crippen molar-refractivity contribution in [1.29, 1.82) is 0 Å². The molecule has 0 aliphatic carbocycles. The van der Waals surface area contributed by atoms with Gasteiger partial charge in [0.05, 0.1) is 36.1 Å². The van der Waals surface area contributed by atoms with E-state index < -0.39 is 0 Å². The molecule has 0 amide bonds. The fourth-order valence-corrected chi connectivity index (χ4v) is 3.62. The minimum Gasteiger partial charge on any atom is -0.497 e. The molecule has 130 valence electrons. The van der Waals surface area contributed by atoms with E-state index >= 15 is 0 Å². The van der Waals surface area contributed by atoms with E-state index in [-0.39, 0.29) is 11.0 Å². The van der Waals surface area contributed by atoms with E-state index in [1.54, 1.807) is 32.4 Å². The SMILES string of the molecule is COc1ccc(C(=O)C(C)Sc2nc3ccccc3n2C)c(OC)c1. The number of benzene rings is 2. The van der Waals surface area contributed by atoms with Gasteiger partial charge in [0, 0.05) is 13.1 Å². The Kier molecular flexibility index (Phi) is 4.99. The van der Waals surface area contributed by atoms with E-state index in [0.717, 1.165) is 16.2 Å². The number of para-hydroxylation sites is 2. The zero-order valence-electron chi connectivity index (χ0n) is 14.6. The average Bonchev–Trinajstić information content (AvgIpc) is 2.96. The molecule has 1 heterocycles. The highest BCUT2D eigenvalue weighted by molar-refractivity contribution is 8.00. The number of carbonyl (C=O) groups is 1. The van der Waals surface area contributed by atoms with Crippen LogP contribution >= 0.6 is 11.8 Å². The number of hydrogen-bond donors (Lipinski definition) is 0. The Balaban J connectivity index is 1.86. The molecule has 0 bridgehead atoms. The number of rotatable bonds is 6. The van der Waals surface area contributed by atoms with Gasteiger partial charge in [-0.3, -0.25) is 4.79 Å². The van der Waals surface area contributed by atoms with Gasteiger partial charge in [-0.25, -0.2) is 4.98 Å². The van der Waals surface area contributed by atoms with Gasteiger partial charge in [-0.2, -0.15) is 0 Å². The lowest BCUT2D eigenvalue weighted by molar-refractivity contribution is 0.0991. The Morgan fingerprint density at radius 2 is 1.92 bits per heavy atom. The van der Waals surface area contributed by atoms with Gasteiger partial charge >= 0.3 is 0 Å².